The largest absolute Gasteiger partial charge is 0.462 e. The van der Waals surface area contributed by atoms with E-state index in [1.54, 1.807) is 0 Å². The van der Waals surface area contributed by atoms with E-state index in [2.05, 4.69) is 47.9 Å². The van der Waals surface area contributed by atoms with E-state index in [1.807, 2.05) is 145 Å². The number of hydrogen-bond acceptors (Lipinski definition) is 10. The summed E-state index contributed by atoms with van der Waals surface area (Å²) in [5, 5.41) is 0. The molecule has 11 atom stereocenters. The monoisotopic (exact) mass is 1090 g/mol. The first-order valence-corrected chi connectivity index (χ1v) is 28.4. The summed E-state index contributed by atoms with van der Waals surface area (Å²) < 4.78 is 35.5. The minimum atomic E-state index is -0.616. The molecule has 0 N–H and O–H groups in total. The summed E-state index contributed by atoms with van der Waals surface area (Å²) >= 11 is 0. The fraction of sp³-hybridized carbons (Fsp3) is 0.413. The van der Waals surface area contributed by atoms with Gasteiger partial charge in [-0.2, -0.15) is 0 Å². The van der Waals surface area contributed by atoms with Gasteiger partial charge in [0, 0.05) is 117 Å². The van der Waals surface area contributed by atoms with Gasteiger partial charge in [0.1, 0.15) is 12.2 Å². The summed E-state index contributed by atoms with van der Waals surface area (Å²) in [5.41, 5.74) is 16.4. The third kappa shape index (κ3) is 13.1. The lowest BCUT2D eigenvalue weighted by atomic mass is 8.76. The van der Waals surface area contributed by atoms with Crippen LogP contribution in [0, 0.1) is 53.3 Å². The first kappa shape index (κ1) is 60.0. The van der Waals surface area contributed by atoms with Gasteiger partial charge in [-0.05, 0) is 130 Å². The first-order chi connectivity index (χ1) is 39.7. The molecule has 4 aromatic rings. The Labute approximate surface area is 489 Å². The van der Waals surface area contributed by atoms with Crippen LogP contribution < -0.4 is 9.80 Å². The van der Waals surface area contributed by atoms with Crippen LogP contribution in [-0.2, 0) is 47.6 Å². The molecule has 8 aliphatic rings. The molecular formula is C63H64B7N2O10. The van der Waals surface area contributed by atoms with Crippen molar-refractivity contribution in [3.63, 3.8) is 0 Å². The smallest absolute Gasteiger partial charge is 0.313 e. The number of hydrogen-bond donors (Lipinski definition) is 0. The number of carbonyl (C=O) groups is 4. The number of esters is 2. The number of carbonyl (C=O) groups excluding carboxylic acids is 4. The molecule has 407 valence electrons. The van der Waals surface area contributed by atoms with Gasteiger partial charge in [-0.25, -0.2) is 0 Å². The van der Waals surface area contributed by atoms with Gasteiger partial charge >= 0.3 is 11.9 Å². The van der Waals surface area contributed by atoms with E-state index in [4.69, 9.17) is 59.4 Å². The van der Waals surface area contributed by atoms with Gasteiger partial charge in [-0.15, -0.1) is 0 Å². The Balaban J connectivity index is 0.000000161. The van der Waals surface area contributed by atoms with Crippen LogP contribution in [0.2, 0.25) is 0 Å². The van der Waals surface area contributed by atoms with E-state index < -0.39 is 23.9 Å². The molecule has 2 amide bonds. The molecule has 4 aromatic carbocycles. The molecular weight excluding hydrogens is 1020 g/mol. The van der Waals surface area contributed by atoms with Gasteiger partial charge in [0.15, 0.2) is 11.6 Å². The number of fused-ring (bicyclic) bond motifs is 4. The second kappa shape index (κ2) is 27.2. The number of anilines is 4. The second-order valence-electron chi connectivity index (χ2n) is 22.1. The van der Waals surface area contributed by atoms with Gasteiger partial charge in [0.05, 0.1) is 44.2 Å². The number of amides is 2. The van der Waals surface area contributed by atoms with E-state index in [0.717, 1.165) is 66.8 Å². The Hall–Kier alpha value is -6.57. The molecule has 0 bridgehead atoms. The fourth-order valence-corrected chi connectivity index (χ4v) is 13.8. The van der Waals surface area contributed by atoms with E-state index in [0.29, 0.717) is 32.8 Å². The number of benzene rings is 4. The molecule has 2 unspecified atom stereocenters. The van der Waals surface area contributed by atoms with Crippen LogP contribution in [0.4, 0.5) is 22.7 Å². The number of rotatable bonds is 8. The van der Waals surface area contributed by atoms with Crippen molar-refractivity contribution < 1.29 is 47.6 Å². The number of para-hydroxylation sites is 4. The minimum absolute atomic E-state index is 0.0114. The van der Waals surface area contributed by atoms with Crippen LogP contribution in [0.1, 0.15) is 58.8 Å². The zero-order valence-electron chi connectivity index (χ0n) is 46.7. The molecule has 2 spiro atoms. The molecule has 19 heteroatoms. The van der Waals surface area contributed by atoms with Crippen LogP contribution in [0.15, 0.2) is 175 Å². The zero-order valence-corrected chi connectivity index (χ0v) is 46.7. The predicted molar refractivity (Wildman–Crippen MR) is 321 cm³/mol. The van der Waals surface area contributed by atoms with Crippen molar-refractivity contribution in [2.45, 2.75) is 82.6 Å². The molecule has 9 radical (unpaired) electrons. The number of cyclic esters (lactones) is 2. The molecule has 4 heterocycles. The Bertz CT molecular complexity index is 3000. The topological polar surface area (TPSA) is 130 Å². The molecule has 12 rings (SSSR count). The summed E-state index contributed by atoms with van der Waals surface area (Å²) in [4.78, 5) is 58.4. The second-order valence-corrected chi connectivity index (χ2v) is 22.1. The van der Waals surface area contributed by atoms with Crippen LogP contribution in [-0.4, -0.2) is 125 Å². The summed E-state index contributed by atoms with van der Waals surface area (Å²) in [6, 6.07) is 39.1. The molecule has 0 aromatic heterocycles. The molecule has 12 nitrogen and oxygen atoms in total. The van der Waals surface area contributed by atoms with E-state index in [-0.39, 0.29) is 89.7 Å². The first-order valence-electron chi connectivity index (χ1n) is 28.4. The van der Waals surface area contributed by atoms with Crippen molar-refractivity contribution in [3.05, 3.63) is 175 Å². The standard InChI is InChI=1S/C28H31NO5.C28H29NO5.C7H4.B7/c2*1-18-24-23(27(31)34-18)16-19-17-28(32-14-15-33-28)13-12-22(19)25(24)26(30)29(20-8-4-2-5-9-20)21-10-6-3-7-11-21;1-3-5-7-6-4-2;1-5-7(4)6(2)3/h2-11,18-19,22-25H,12-17H2,1H3;2-11,16,18,22-25H,12-15,17H2,1H3;1-2H2;/t18?,19-,22-,23-,24-,25+;18?,22-,23-,24-,25+;;/m11../s1. The van der Waals surface area contributed by atoms with E-state index >= 15 is 0 Å². The third-order valence-electron chi connectivity index (χ3n) is 17.3. The van der Waals surface area contributed by atoms with Gasteiger partial charge < -0.3 is 28.4 Å². The highest BCUT2D eigenvalue weighted by Crippen LogP contribution is 2.58. The third-order valence-corrected chi connectivity index (χ3v) is 17.3. The Kier molecular flexibility index (Phi) is 19.9. The lowest BCUT2D eigenvalue weighted by Gasteiger charge is -2.50. The lowest BCUT2D eigenvalue weighted by molar-refractivity contribution is -0.207. The summed E-state index contributed by atoms with van der Waals surface area (Å²) in [5.74, 6) is -2.76. The summed E-state index contributed by atoms with van der Waals surface area (Å²) in [7, 11) is 21.6. The highest BCUT2D eigenvalue weighted by Gasteiger charge is 2.61. The average molecular weight is 1080 g/mol. The summed E-state index contributed by atoms with van der Waals surface area (Å²) in [6.07, 6.45) is 5.80. The highest BCUT2D eigenvalue weighted by atomic mass is 16.7. The van der Waals surface area contributed by atoms with Crippen LogP contribution >= 0.6 is 0 Å². The summed E-state index contributed by atoms with van der Waals surface area (Å²) in [6.45, 7) is 12.8. The average Bonchev–Trinajstić information content (AvgIpc) is 2.66. The lowest BCUT2D eigenvalue weighted by Crippen LogP contribution is -2.54. The maximum atomic E-state index is 14.6. The van der Waals surface area contributed by atoms with Crippen LogP contribution in [0.3, 0.4) is 0 Å². The molecule has 82 heavy (non-hydrogen) atoms. The van der Waals surface area contributed by atoms with Crippen molar-refractivity contribution in [2.75, 3.05) is 36.2 Å². The number of nitrogens with zero attached hydrogens (tertiary/aromatic N) is 2. The molecule has 7 fully saturated rings. The SMILES string of the molecule is C=C=C=C=C=C=C.CC1OC(=O)[C@@H]2C=C3CC4(CC[C@H]3[C@H](C(=O)N(c3ccccc3)c3ccccc3)[C@H]12)OCCO4.CC1OC(=O)[C@@H]2C[C@@H]3CC4(CC[C@H]3[C@H](C(=O)N(c3ccccc3)c3ccccc3)[C@H]12)OCCO4.[B][B]B([B])B([B])[B]. The van der Waals surface area contributed by atoms with Crippen molar-refractivity contribution >= 4 is 97.3 Å². The number of ether oxygens (including phenoxy) is 6. The van der Waals surface area contributed by atoms with Gasteiger partial charge in [-0.1, -0.05) is 95.9 Å². The van der Waals surface area contributed by atoms with Crippen molar-refractivity contribution in [2.24, 2.45) is 53.3 Å². The van der Waals surface area contributed by atoms with Crippen LogP contribution in [0.25, 0.3) is 0 Å². The van der Waals surface area contributed by atoms with Crippen LogP contribution in [0.5, 0.6) is 0 Å². The maximum Gasteiger partial charge on any atom is 0.313 e. The van der Waals surface area contributed by atoms with E-state index in [1.165, 1.54) is 7.06 Å². The fourth-order valence-electron chi connectivity index (χ4n) is 13.8. The van der Waals surface area contributed by atoms with Gasteiger partial charge in [-0.3, -0.25) is 29.0 Å². The molecule has 3 saturated carbocycles. The van der Waals surface area contributed by atoms with Crippen molar-refractivity contribution in [3.8, 4) is 0 Å². The van der Waals surface area contributed by atoms with Gasteiger partial charge in [0.25, 0.3) is 0 Å². The van der Waals surface area contributed by atoms with Gasteiger partial charge in [0.2, 0.25) is 11.8 Å². The maximum absolute atomic E-state index is 14.6. The normalized spacial score (nSPS) is 27.9. The van der Waals surface area contributed by atoms with Crippen molar-refractivity contribution in [1.29, 1.82) is 0 Å². The quantitative estimate of drug-likeness (QED) is 0.0737. The molecule has 4 aliphatic carbocycles. The highest BCUT2D eigenvalue weighted by molar-refractivity contribution is 7.81. The Morgan fingerprint density at radius 2 is 1.06 bits per heavy atom. The minimum Gasteiger partial charge on any atom is -0.462 e. The zero-order chi connectivity index (χ0) is 58.0. The Morgan fingerprint density at radius 3 is 1.52 bits per heavy atom. The molecule has 4 saturated heterocycles. The van der Waals surface area contributed by atoms with E-state index in [9.17, 15) is 19.2 Å². The molecule has 4 aliphatic heterocycles. The Morgan fingerprint density at radius 1 is 0.610 bits per heavy atom. The predicted octanol–water partition coefficient (Wildman–Crippen LogP) is 8.25. The van der Waals surface area contributed by atoms with Crippen molar-refractivity contribution in [1.82, 2.24) is 0 Å².